The highest BCUT2D eigenvalue weighted by Gasteiger charge is 2.21. The molecular formula is C10H12FN3O6S. The summed E-state index contributed by atoms with van der Waals surface area (Å²) in [5.41, 5.74) is -1.70. The SMILES string of the molecule is CNS(=O)(=O)CCNc1cc(C(=O)O)c(F)cc1[N+](=O)[O-]. The number of hydrogen-bond acceptors (Lipinski definition) is 6. The molecule has 1 aromatic carbocycles. The fourth-order valence-electron chi connectivity index (χ4n) is 1.44. The summed E-state index contributed by atoms with van der Waals surface area (Å²) in [6, 6.07) is 1.22. The first kappa shape index (κ1) is 16.8. The Morgan fingerprint density at radius 1 is 1.48 bits per heavy atom. The van der Waals surface area contributed by atoms with Gasteiger partial charge in [0.1, 0.15) is 11.5 Å². The molecule has 9 nitrogen and oxygen atoms in total. The van der Waals surface area contributed by atoms with Crippen LogP contribution >= 0.6 is 0 Å². The van der Waals surface area contributed by atoms with Gasteiger partial charge < -0.3 is 10.4 Å². The van der Waals surface area contributed by atoms with Gasteiger partial charge in [-0.1, -0.05) is 0 Å². The minimum atomic E-state index is -3.53. The molecule has 0 aliphatic rings. The lowest BCUT2D eigenvalue weighted by atomic mass is 10.1. The third-order valence-corrected chi connectivity index (χ3v) is 3.87. The van der Waals surface area contributed by atoms with E-state index in [-0.39, 0.29) is 18.0 Å². The summed E-state index contributed by atoms with van der Waals surface area (Å²) >= 11 is 0. The first-order valence-corrected chi connectivity index (χ1v) is 7.19. The smallest absolute Gasteiger partial charge is 0.338 e. The number of benzene rings is 1. The topological polar surface area (TPSA) is 139 Å². The van der Waals surface area contributed by atoms with Crippen LogP contribution < -0.4 is 10.0 Å². The average molecular weight is 321 g/mol. The van der Waals surface area contributed by atoms with Crippen molar-refractivity contribution in [3.8, 4) is 0 Å². The van der Waals surface area contributed by atoms with E-state index in [9.17, 15) is 27.7 Å². The molecule has 116 valence electrons. The number of nitro groups is 1. The van der Waals surface area contributed by atoms with E-state index in [1.807, 2.05) is 4.72 Å². The highest BCUT2D eigenvalue weighted by atomic mass is 32.2. The molecule has 0 bridgehead atoms. The molecule has 21 heavy (non-hydrogen) atoms. The van der Waals surface area contributed by atoms with Gasteiger partial charge in [-0.15, -0.1) is 0 Å². The number of anilines is 1. The van der Waals surface area contributed by atoms with Crippen molar-refractivity contribution in [2.45, 2.75) is 0 Å². The third kappa shape index (κ3) is 4.36. The predicted molar refractivity (Wildman–Crippen MR) is 71.3 cm³/mol. The largest absolute Gasteiger partial charge is 0.478 e. The second kappa shape index (κ2) is 6.45. The van der Waals surface area contributed by atoms with Gasteiger partial charge in [-0.05, 0) is 13.1 Å². The Balaban J connectivity index is 3.06. The van der Waals surface area contributed by atoms with E-state index in [0.29, 0.717) is 6.07 Å². The molecule has 0 spiro atoms. The minimum absolute atomic E-state index is 0.214. The molecule has 0 unspecified atom stereocenters. The fourth-order valence-corrected chi connectivity index (χ4v) is 2.02. The summed E-state index contributed by atoms with van der Waals surface area (Å²) in [6.45, 7) is -0.214. The van der Waals surface area contributed by atoms with E-state index in [0.717, 1.165) is 6.07 Å². The van der Waals surface area contributed by atoms with E-state index in [2.05, 4.69) is 5.32 Å². The number of nitrogens with one attached hydrogen (secondary N) is 2. The maximum Gasteiger partial charge on any atom is 0.338 e. The maximum atomic E-state index is 13.4. The van der Waals surface area contributed by atoms with Gasteiger partial charge >= 0.3 is 5.97 Å². The Bertz CT molecular complexity index is 676. The van der Waals surface area contributed by atoms with Crippen molar-refractivity contribution in [3.63, 3.8) is 0 Å². The van der Waals surface area contributed by atoms with Gasteiger partial charge in [0.25, 0.3) is 5.69 Å². The molecule has 0 amide bonds. The van der Waals surface area contributed by atoms with Gasteiger partial charge in [0, 0.05) is 6.54 Å². The number of halogens is 1. The number of hydrogen-bond donors (Lipinski definition) is 3. The van der Waals surface area contributed by atoms with E-state index >= 15 is 0 Å². The normalized spacial score (nSPS) is 11.1. The molecule has 0 atom stereocenters. The zero-order valence-electron chi connectivity index (χ0n) is 10.8. The number of carboxylic acids is 1. The molecule has 0 saturated carbocycles. The number of nitrogens with zero attached hydrogens (tertiary/aromatic N) is 1. The molecule has 1 rings (SSSR count). The monoisotopic (exact) mass is 321 g/mol. The Morgan fingerprint density at radius 2 is 2.10 bits per heavy atom. The Hall–Kier alpha value is -2.27. The zero-order chi connectivity index (χ0) is 16.2. The van der Waals surface area contributed by atoms with Gasteiger partial charge in [-0.2, -0.15) is 0 Å². The van der Waals surface area contributed by atoms with Crippen molar-refractivity contribution in [2.75, 3.05) is 24.7 Å². The van der Waals surface area contributed by atoms with Crippen molar-refractivity contribution in [2.24, 2.45) is 0 Å². The second-order valence-corrected chi connectivity index (χ2v) is 5.91. The van der Waals surface area contributed by atoms with Crippen LogP contribution in [0.25, 0.3) is 0 Å². The number of aromatic carboxylic acids is 1. The number of carbonyl (C=O) groups is 1. The maximum absolute atomic E-state index is 13.4. The summed E-state index contributed by atoms with van der Waals surface area (Å²) in [7, 11) is -2.32. The molecule has 0 radical (unpaired) electrons. The summed E-state index contributed by atoms with van der Waals surface area (Å²) in [5.74, 6) is -3.23. The van der Waals surface area contributed by atoms with E-state index < -0.39 is 38.0 Å². The fraction of sp³-hybridized carbons (Fsp3) is 0.300. The van der Waals surface area contributed by atoms with Crippen molar-refractivity contribution >= 4 is 27.4 Å². The molecular weight excluding hydrogens is 309 g/mol. The highest BCUT2D eigenvalue weighted by molar-refractivity contribution is 7.89. The molecule has 1 aromatic rings. The second-order valence-electron chi connectivity index (χ2n) is 3.86. The van der Waals surface area contributed by atoms with Crippen molar-refractivity contribution in [3.05, 3.63) is 33.6 Å². The van der Waals surface area contributed by atoms with Crippen molar-refractivity contribution in [1.82, 2.24) is 4.72 Å². The van der Waals surface area contributed by atoms with Crippen molar-refractivity contribution in [1.29, 1.82) is 0 Å². The van der Waals surface area contributed by atoms with E-state index in [1.165, 1.54) is 7.05 Å². The Kier molecular flexibility index (Phi) is 5.16. The first-order valence-electron chi connectivity index (χ1n) is 5.54. The molecule has 0 saturated heterocycles. The lowest BCUT2D eigenvalue weighted by Crippen LogP contribution is -2.26. The van der Waals surface area contributed by atoms with Gasteiger partial charge in [0.15, 0.2) is 0 Å². The number of nitro benzene ring substituents is 1. The van der Waals surface area contributed by atoms with Crippen LogP contribution in [0.15, 0.2) is 12.1 Å². The average Bonchev–Trinajstić information content (AvgIpc) is 2.39. The highest BCUT2D eigenvalue weighted by Crippen LogP contribution is 2.27. The Labute approximate surface area is 119 Å². The number of sulfonamides is 1. The molecule has 0 heterocycles. The van der Waals surface area contributed by atoms with Crippen LogP contribution in [0.3, 0.4) is 0 Å². The van der Waals surface area contributed by atoms with Crippen LogP contribution in [0.2, 0.25) is 0 Å². The first-order chi connectivity index (χ1) is 9.68. The van der Waals surface area contributed by atoms with Crippen molar-refractivity contribution < 1.29 is 27.6 Å². The molecule has 0 aromatic heterocycles. The molecule has 11 heteroatoms. The summed E-state index contributed by atoms with van der Waals surface area (Å²) < 4.78 is 37.8. The van der Waals surface area contributed by atoms with Crippen LogP contribution in [0, 0.1) is 15.9 Å². The standard InChI is InChI=1S/C10H12FN3O6S/c1-12-21(19,20)3-2-13-8-4-6(10(15)16)7(11)5-9(8)14(17)18/h4-5,12-13H,2-3H2,1H3,(H,15,16). The number of rotatable bonds is 7. The van der Waals surface area contributed by atoms with Gasteiger partial charge in [-0.3, -0.25) is 10.1 Å². The lowest BCUT2D eigenvalue weighted by molar-refractivity contribution is -0.384. The van der Waals surface area contributed by atoms with Crippen LogP contribution in [-0.2, 0) is 10.0 Å². The number of carboxylic acid groups (broad SMARTS) is 1. The van der Waals surface area contributed by atoms with Gasteiger partial charge in [0.2, 0.25) is 10.0 Å². The lowest BCUT2D eigenvalue weighted by Gasteiger charge is -2.09. The molecule has 0 aliphatic heterocycles. The van der Waals surface area contributed by atoms with Crippen LogP contribution in [0.5, 0.6) is 0 Å². The predicted octanol–water partition coefficient (Wildman–Crippen LogP) is 0.393. The Morgan fingerprint density at radius 3 is 2.57 bits per heavy atom. The van der Waals surface area contributed by atoms with Crippen LogP contribution in [0.1, 0.15) is 10.4 Å². The quantitative estimate of drug-likeness (QED) is 0.487. The van der Waals surface area contributed by atoms with Crippen LogP contribution in [-0.4, -0.2) is 43.8 Å². The van der Waals surface area contributed by atoms with E-state index in [4.69, 9.17) is 5.11 Å². The zero-order valence-corrected chi connectivity index (χ0v) is 11.6. The molecule has 0 fully saturated rings. The van der Waals surface area contributed by atoms with E-state index in [1.54, 1.807) is 0 Å². The minimum Gasteiger partial charge on any atom is -0.478 e. The summed E-state index contributed by atoms with van der Waals surface area (Å²) in [5, 5.41) is 22.0. The van der Waals surface area contributed by atoms with Crippen LogP contribution in [0.4, 0.5) is 15.8 Å². The third-order valence-electron chi connectivity index (χ3n) is 2.51. The van der Waals surface area contributed by atoms with Gasteiger partial charge in [0.05, 0.1) is 22.3 Å². The summed E-state index contributed by atoms with van der Waals surface area (Å²) in [4.78, 5) is 20.7. The molecule has 3 N–H and O–H groups in total. The van der Waals surface area contributed by atoms with Gasteiger partial charge in [-0.25, -0.2) is 22.3 Å². The molecule has 0 aliphatic carbocycles. The summed E-state index contributed by atoms with van der Waals surface area (Å²) in [6.07, 6.45) is 0.